The van der Waals surface area contributed by atoms with Crippen LogP contribution in [0.2, 0.25) is 0 Å². The van der Waals surface area contributed by atoms with E-state index in [1.54, 1.807) is 6.07 Å². The van der Waals surface area contributed by atoms with E-state index in [9.17, 15) is 23.1 Å². The van der Waals surface area contributed by atoms with E-state index < -0.39 is 17.8 Å². The van der Waals surface area contributed by atoms with E-state index in [1.807, 2.05) is 5.32 Å². The molecule has 208 valence electrons. The maximum Gasteiger partial charge on any atom is 0.416 e. The van der Waals surface area contributed by atoms with Crippen molar-refractivity contribution in [2.24, 2.45) is 0 Å². The van der Waals surface area contributed by atoms with Crippen LogP contribution in [-0.4, -0.2) is 58.3 Å². The molecular formula is C26H27F3N4O5S. The average molecular weight is 565 g/mol. The summed E-state index contributed by atoms with van der Waals surface area (Å²) < 4.78 is 50.3. The SMILES string of the molecule is COc1cc(OCc2sc(-c3ccc(C(F)(F)F)cc3)nc2CN2CCC(O)CC2)ccc1C(=N)NC(=O)O. The summed E-state index contributed by atoms with van der Waals surface area (Å²) in [6, 6.07) is 9.49. The Morgan fingerprint density at radius 2 is 1.90 bits per heavy atom. The third kappa shape index (κ3) is 7.25. The van der Waals surface area contributed by atoms with Gasteiger partial charge in [-0.15, -0.1) is 11.3 Å². The number of rotatable bonds is 8. The fraction of sp³-hybridized carbons (Fsp3) is 0.346. The number of aliphatic hydroxyl groups excluding tert-OH is 1. The molecule has 0 aliphatic carbocycles. The Kier molecular flexibility index (Phi) is 8.73. The van der Waals surface area contributed by atoms with Gasteiger partial charge >= 0.3 is 12.3 Å². The molecule has 1 aliphatic heterocycles. The summed E-state index contributed by atoms with van der Waals surface area (Å²) in [4.78, 5) is 18.6. The quantitative estimate of drug-likeness (QED) is 0.225. The normalized spacial score (nSPS) is 14.7. The number of aromatic nitrogens is 1. The molecule has 13 heteroatoms. The average Bonchev–Trinajstić information content (AvgIpc) is 3.30. The summed E-state index contributed by atoms with van der Waals surface area (Å²) in [6.45, 7) is 2.02. The third-order valence-corrected chi connectivity index (χ3v) is 7.33. The predicted molar refractivity (Wildman–Crippen MR) is 138 cm³/mol. The van der Waals surface area contributed by atoms with Crippen molar-refractivity contribution in [3.8, 4) is 22.1 Å². The van der Waals surface area contributed by atoms with Crippen LogP contribution in [0.25, 0.3) is 10.6 Å². The molecule has 1 fully saturated rings. The lowest BCUT2D eigenvalue weighted by Gasteiger charge is -2.29. The van der Waals surface area contributed by atoms with Gasteiger partial charge in [-0.3, -0.25) is 15.6 Å². The maximum absolute atomic E-state index is 13.0. The van der Waals surface area contributed by atoms with Crippen LogP contribution >= 0.6 is 11.3 Å². The van der Waals surface area contributed by atoms with Gasteiger partial charge in [-0.2, -0.15) is 13.2 Å². The second kappa shape index (κ2) is 12.0. The minimum absolute atomic E-state index is 0.122. The first kappa shape index (κ1) is 28.3. The lowest BCUT2D eigenvalue weighted by atomic mass is 10.1. The largest absolute Gasteiger partial charge is 0.496 e. The monoisotopic (exact) mass is 564 g/mol. The number of halogens is 3. The Morgan fingerprint density at radius 1 is 1.21 bits per heavy atom. The van der Waals surface area contributed by atoms with Crippen molar-refractivity contribution in [1.29, 1.82) is 5.41 Å². The number of carbonyl (C=O) groups is 1. The van der Waals surface area contributed by atoms with Crippen LogP contribution < -0.4 is 14.8 Å². The number of ether oxygens (including phenoxy) is 2. The van der Waals surface area contributed by atoms with Crippen LogP contribution in [-0.2, 0) is 19.3 Å². The van der Waals surface area contributed by atoms with Crippen LogP contribution in [0, 0.1) is 5.41 Å². The van der Waals surface area contributed by atoms with Crippen LogP contribution in [0.1, 0.15) is 34.5 Å². The second-order valence-corrected chi connectivity index (χ2v) is 10.0. The van der Waals surface area contributed by atoms with Crippen molar-refractivity contribution in [1.82, 2.24) is 15.2 Å². The number of amides is 1. The van der Waals surface area contributed by atoms with Gasteiger partial charge in [-0.1, -0.05) is 12.1 Å². The summed E-state index contributed by atoms with van der Waals surface area (Å²) in [5.41, 5.74) is 0.803. The fourth-order valence-corrected chi connectivity index (χ4v) is 5.11. The van der Waals surface area contributed by atoms with Crippen molar-refractivity contribution in [2.45, 2.75) is 38.3 Å². The number of benzene rings is 2. The molecule has 3 aromatic rings. The van der Waals surface area contributed by atoms with Crippen LogP contribution in [0.5, 0.6) is 11.5 Å². The lowest BCUT2D eigenvalue weighted by molar-refractivity contribution is -0.137. The molecule has 1 amide bonds. The van der Waals surface area contributed by atoms with E-state index in [2.05, 4.69) is 4.90 Å². The van der Waals surface area contributed by atoms with Crippen LogP contribution in [0.4, 0.5) is 18.0 Å². The fourth-order valence-electron chi connectivity index (χ4n) is 4.13. The van der Waals surface area contributed by atoms with Gasteiger partial charge in [0.05, 0.1) is 34.9 Å². The van der Waals surface area contributed by atoms with E-state index in [1.165, 1.54) is 42.7 Å². The first-order valence-corrected chi connectivity index (χ1v) is 12.8. The summed E-state index contributed by atoms with van der Waals surface area (Å²) in [5.74, 6) is 0.312. The molecule has 1 aromatic heterocycles. The summed E-state index contributed by atoms with van der Waals surface area (Å²) in [5, 5.41) is 29.2. The van der Waals surface area contributed by atoms with Crippen molar-refractivity contribution >= 4 is 23.3 Å². The van der Waals surface area contributed by atoms with E-state index in [0.717, 1.165) is 22.7 Å². The number of nitrogens with one attached hydrogen (secondary N) is 2. The molecule has 9 nitrogen and oxygen atoms in total. The number of hydrogen-bond donors (Lipinski definition) is 4. The highest BCUT2D eigenvalue weighted by Gasteiger charge is 2.30. The molecule has 2 aromatic carbocycles. The Bertz CT molecular complexity index is 1320. The van der Waals surface area contributed by atoms with Gasteiger partial charge in [0.25, 0.3) is 0 Å². The van der Waals surface area contributed by atoms with Crippen molar-refractivity contribution in [3.05, 3.63) is 64.2 Å². The number of alkyl halides is 3. The Morgan fingerprint density at radius 3 is 2.51 bits per heavy atom. The molecule has 0 spiro atoms. The Balaban J connectivity index is 1.56. The summed E-state index contributed by atoms with van der Waals surface area (Å²) >= 11 is 1.33. The number of piperidine rings is 1. The Hall–Kier alpha value is -3.68. The van der Waals surface area contributed by atoms with Gasteiger partial charge in [-0.25, -0.2) is 9.78 Å². The molecule has 4 N–H and O–H groups in total. The number of hydrogen-bond acceptors (Lipinski definition) is 8. The van der Waals surface area contributed by atoms with Crippen LogP contribution in [0.15, 0.2) is 42.5 Å². The Labute approximate surface area is 226 Å². The number of thiazole rings is 1. The number of aliphatic hydroxyl groups is 1. The number of amidine groups is 1. The van der Waals surface area contributed by atoms with E-state index in [-0.39, 0.29) is 29.9 Å². The summed E-state index contributed by atoms with van der Waals surface area (Å²) in [6.07, 6.45) is -4.82. The van der Waals surface area contributed by atoms with Gasteiger partial charge in [0.15, 0.2) is 0 Å². The third-order valence-electron chi connectivity index (χ3n) is 6.21. The minimum atomic E-state index is -4.43. The van der Waals surface area contributed by atoms with Crippen molar-refractivity contribution in [3.63, 3.8) is 0 Å². The number of carboxylic acid groups (broad SMARTS) is 1. The van der Waals surface area contributed by atoms with Crippen molar-refractivity contribution in [2.75, 3.05) is 20.2 Å². The predicted octanol–water partition coefficient (Wildman–Crippen LogP) is 4.97. The second-order valence-electron chi connectivity index (χ2n) is 8.93. The van der Waals surface area contributed by atoms with Gasteiger partial charge in [-0.05, 0) is 37.1 Å². The van der Waals surface area contributed by atoms with Gasteiger partial charge < -0.3 is 19.7 Å². The molecule has 0 unspecified atom stereocenters. The highest BCUT2D eigenvalue weighted by atomic mass is 32.1. The lowest BCUT2D eigenvalue weighted by Crippen LogP contribution is -2.35. The van der Waals surface area contributed by atoms with E-state index in [4.69, 9.17) is 25.0 Å². The smallest absolute Gasteiger partial charge is 0.416 e. The summed E-state index contributed by atoms with van der Waals surface area (Å²) in [7, 11) is 1.39. The highest BCUT2D eigenvalue weighted by molar-refractivity contribution is 7.15. The molecule has 0 saturated carbocycles. The van der Waals surface area contributed by atoms with Crippen LogP contribution in [0.3, 0.4) is 0 Å². The molecule has 2 heterocycles. The molecule has 1 aliphatic rings. The molecular weight excluding hydrogens is 537 g/mol. The first-order chi connectivity index (χ1) is 18.5. The molecule has 39 heavy (non-hydrogen) atoms. The van der Waals surface area contributed by atoms with Gasteiger partial charge in [0.1, 0.15) is 28.9 Å². The topological polar surface area (TPSA) is 128 Å². The molecule has 0 radical (unpaired) electrons. The van der Waals surface area contributed by atoms with Crippen molar-refractivity contribution < 1.29 is 37.7 Å². The van der Waals surface area contributed by atoms with Gasteiger partial charge in [0, 0.05) is 31.3 Å². The maximum atomic E-state index is 13.0. The van der Waals surface area contributed by atoms with E-state index >= 15 is 0 Å². The molecule has 1 saturated heterocycles. The standard InChI is InChI=1S/C26H27F3N4O5S/c1-37-21-12-18(6-7-19(21)23(30)32-25(35)36)38-14-22-20(13-33-10-8-17(34)9-11-33)31-24(39-22)15-2-4-16(5-3-15)26(27,28)29/h2-7,12,17,34H,8-11,13-14H2,1H3,(H2,30,32)(H,35,36). The first-order valence-electron chi connectivity index (χ1n) is 12.0. The zero-order valence-corrected chi connectivity index (χ0v) is 21.7. The zero-order valence-electron chi connectivity index (χ0n) is 20.9. The number of methoxy groups -OCH3 is 1. The minimum Gasteiger partial charge on any atom is -0.496 e. The van der Waals surface area contributed by atoms with Gasteiger partial charge in [0.2, 0.25) is 0 Å². The highest BCUT2D eigenvalue weighted by Crippen LogP contribution is 2.34. The number of likely N-dealkylation sites (tertiary alicyclic amines) is 1. The van der Waals surface area contributed by atoms with E-state index in [0.29, 0.717) is 48.8 Å². The molecule has 0 atom stereocenters. The molecule has 4 rings (SSSR count). The molecule has 0 bridgehead atoms. The zero-order chi connectivity index (χ0) is 28.2. The number of nitrogens with zero attached hydrogens (tertiary/aromatic N) is 2.